The molecule has 1 heterocycles. The Hall–Kier alpha value is -0.980. The molecule has 3 nitrogen and oxygen atoms in total. The zero-order valence-corrected chi connectivity index (χ0v) is 9.42. The molecule has 1 aromatic heterocycles. The molecular formula is C9H6FIN2O. The maximum atomic E-state index is 13.0. The van der Waals surface area contributed by atoms with Gasteiger partial charge in [-0.25, -0.2) is 9.37 Å². The van der Waals surface area contributed by atoms with Crippen molar-refractivity contribution in [3.63, 3.8) is 0 Å². The van der Waals surface area contributed by atoms with Gasteiger partial charge in [-0.2, -0.15) is 0 Å². The quantitative estimate of drug-likeness (QED) is 0.756. The molecule has 0 fully saturated rings. The summed E-state index contributed by atoms with van der Waals surface area (Å²) in [5.74, 6) is 0.116. The van der Waals surface area contributed by atoms with Crippen LogP contribution in [0.1, 0.15) is 5.82 Å². The molecule has 2 rings (SSSR count). The summed E-state index contributed by atoms with van der Waals surface area (Å²) in [7, 11) is 0. The molecule has 0 radical (unpaired) electrons. The van der Waals surface area contributed by atoms with Gasteiger partial charge in [0.25, 0.3) is 5.56 Å². The van der Waals surface area contributed by atoms with E-state index in [0.717, 1.165) is 0 Å². The summed E-state index contributed by atoms with van der Waals surface area (Å²) in [6, 6.07) is 2.55. The number of nitrogens with zero attached hydrogens (tertiary/aromatic N) is 1. The van der Waals surface area contributed by atoms with Gasteiger partial charge in [0.05, 0.1) is 10.9 Å². The topological polar surface area (TPSA) is 45.8 Å². The number of halogens is 2. The van der Waals surface area contributed by atoms with Crippen molar-refractivity contribution in [2.45, 2.75) is 6.92 Å². The van der Waals surface area contributed by atoms with E-state index in [2.05, 4.69) is 9.97 Å². The van der Waals surface area contributed by atoms with E-state index in [9.17, 15) is 9.18 Å². The molecule has 0 aliphatic carbocycles. The number of rotatable bonds is 0. The van der Waals surface area contributed by atoms with Gasteiger partial charge in [0, 0.05) is 3.57 Å². The van der Waals surface area contributed by atoms with Gasteiger partial charge < -0.3 is 4.98 Å². The van der Waals surface area contributed by atoms with E-state index in [4.69, 9.17) is 0 Å². The van der Waals surface area contributed by atoms with E-state index in [-0.39, 0.29) is 5.56 Å². The Bertz CT molecular complexity index is 564. The molecule has 1 aromatic carbocycles. The highest BCUT2D eigenvalue weighted by Crippen LogP contribution is 2.17. The Morgan fingerprint density at radius 1 is 1.50 bits per heavy atom. The minimum Gasteiger partial charge on any atom is -0.310 e. The molecule has 14 heavy (non-hydrogen) atoms. The fraction of sp³-hybridized carbons (Fsp3) is 0.111. The summed E-state index contributed by atoms with van der Waals surface area (Å²) in [4.78, 5) is 18.1. The third-order valence-electron chi connectivity index (χ3n) is 1.85. The standard InChI is InChI=1S/C9H6FIN2O/c1-4-12-8-6(9(14)13-4)2-5(10)3-7(8)11/h2-3H,1H3,(H,12,13,14). The highest BCUT2D eigenvalue weighted by atomic mass is 127. The second-order valence-corrected chi connectivity index (χ2v) is 4.10. The van der Waals surface area contributed by atoms with Gasteiger partial charge >= 0.3 is 0 Å². The first-order valence-electron chi connectivity index (χ1n) is 3.93. The molecule has 5 heteroatoms. The molecule has 72 valence electrons. The lowest BCUT2D eigenvalue weighted by molar-refractivity contribution is 0.628. The number of H-pyrrole nitrogens is 1. The Morgan fingerprint density at radius 2 is 2.21 bits per heavy atom. The number of nitrogens with one attached hydrogen (secondary N) is 1. The first-order chi connectivity index (χ1) is 6.58. The van der Waals surface area contributed by atoms with Crippen molar-refractivity contribution in [3.05, 3.63) is 37.7 Å². The van der Waals surface area contributed by atoms with Crippen molar-refractivity contribution in [1.82, 2.24) is 9.97 Å². The molecule has 0 amide bonds. The van der Waals surface area contributed by atoms with E-state index in [1.165, 1.54) is 12.1 Å². The fourth-order valence-corrected chi connectivity index (χ4v) is 1.99. The summed E-state index contributed by atoms with van der Waals surface area (Å²) in [6.45, 7) is 1.69. The van der Waals surface area contributed by atoms with Gasteiger partial charge in [-0.1, -0.05) is 0 Å². The Balaban J connectivity index is 3.02. The highest BCUT2D eigenvalue weighted by molar-refractivity contribution is 14.1. The number of hydrogen-bond acceptors (Lipinski definition) is 2. The van der Waals surface area contributed by atoms with E-state index in [1.54, 1.807) is 6.92 Å². The van der Waals surface area contributed by atoms with E-state index in [0.29, 0.717) is 20.3 Å². The number of aromatic nitrogens is 2. The zero-order chi connectivity index (χ0) is 10.3. The monoisotopic (exact) mass is 304 g/mol. The summed E-state index contributed by atoms with van der Waals surface area (Å²) < 4.78 is 13.6. The SMILES string of the molecule is Cc1nc2c(I)cc(F)cc2c(=O)[nH]1. The summed E-state index contributed by atoms with van der Waals surface area (Å²) in [5.41, 5.74) is 0.248. The van der Waals surface area contributed by atoms with Crippen molar-refractivity contribution < 1.29 is 4.39 Å². The van der Waals surface area contributed by atoms with Crippen LogP contribution < -0.4 is 5.56 Å². The molecule has 2 aromatic rings. The summed E-state index contributed by atoms with van der Waals surface area (Å²) in [5, 5.41) is 0.292. The van der Waals surface area contributed by atoms with Gasteiger partial charge in [-0.05, 0) is 41.6 Å². The fourth-order valence-electron chi connectivity index (χ4n) is 1.28. The van der Waals surface area contributed by atoms with Gasteiger partial charge in [0.15, 0.2) is 0 Å². The van der Waals surface area contributed by atoms with E-state index < -0.39 is 5.82 Å². The van der Waals surface area contributed by atoms with Gasteiger partial charge in [0.1, 0.15) is 11.6 Å². The highest BCUT2D eigenvalue weighted by Gasteiger charge is 2.07. The van der Waals surface area contributed by atoms with Crippen LogP contribution in [-0.4, -0.2) is 9.97 Å². The van der Waals surface area contributed by atoms with Crippen LogP contribution in [0.25, 0.3) is 10.9 Å². The third-order valence-corrected chi connectivity index (χ3v) is 2.67. The van der Waals surface area contributed by atoms with E-state index in [1.807, 2.05) is 22.6 Å². The molecule has 0 saturated carbocycles. The molecular weight excluding hydrogens is 298 g/mol. The molecule has 1 N–H and O–H groups in total. The molecule has 0 atom stereocenters. The minimum absolute atomic E-state index is 0.292. The number of fused-ring (bicyclic) bond motifs is 1. The smallest absolute Gasteiger partial charge is 0.258 e. The predicted octanol–water partition coefficient (Wildman–Crippen LogP) is 1.98. The van der Waals surface area contributed by atoms with Gasteiger partial charge in [0.2, 0.25) is 0 Å². The summed E-state index contributed by atoms with van der Waals surface area (Å²) in [6.07, 6.45) is 0. The van der Waals surface area contributed by atoms with Gasteiger partial charge in [-0.3, -0.25) is 4.79 Å². The van der Waals surface area contributed by atoms with Crippen molar-refractivity contribution >= 4 is 33.5 Å². The molecule has 0 bridgehead atoms. The van der Waals surface area contributed by atoms with Crippen molar-refractivity contribution in [2.75, 3.05) is 0 Å². The molecule has 0 unspecified atom stereocenters. The van der Waals surface area contributed by atoms with Crippen molar-refractivity contribution in [2.24, 2.45) is 0 Å². The lowest BCUT2D eigenvalue weighted by Crippen LogP contribution is -2.10. The van der Waals surface area contributed by atoms with Crippen LogP contribution in [0.15, 0.2) is 16.9 Å². The average Bonchev–Trinajstić information content (AvgIpc) is 2.07. The Kier molecular flexibility index (Phi) is 2.26. The van der Waals surface area contributed by atoms with Crippen molar-refractivity contribution in [1.29, 1.82) is 0 Å². The second kappa shape index (κ2) is 3.30. The molecule has 0 aliphatic rings. The molecule has 0 spiro atoms. The van der Waals surface area contributed by atoms with Crippen LogP contribution in [0, 0.1) is 16.3 Å². The van der Waals surface area contributed by atoms with Crippen LogP contribution >= 0.6 is 22.6 Å². The predicted molar refractivity (Wildman–Crippen MR) is 59.8 cm³/mol. The first-order valence-corrected chi connectivity index (χ1v) is 5.01. The van der Waals surface area contributed by atoms with E-state index >= 15 is 0 Å². The number of aromatic amines is 1. The van der Waals surface area contributed by atoms with Crippen molar-refractivity contribution in [3.8, 4) is 0 Å². The van der Waals surface area contributed by atoms with Crippen LogP contribution in [0.5, 0.6) is 0 Å². The molecule has 0 saturated heterocycles. The third kappa shape index (κ3) is 1.52. The normalized spacial score (nSPS) is 10.8. The van der Waals surface area contributed by atoms with Crippen LogP contribution in [0.4, 0.5) is 4.39 Å². The Morgan fingerprint density at radius 3 is 2.93 bits per heavy atom. The summed E-state index contributed by atoms with van der Waals surface area (Å²) >= 11 is 1.96. The van der Waals surface area contributed by atoms with Crippen LogP contribution in [0.2, 0.25) is 0 Å². The largest absolute Gasteiger partial charge is 0.310 e. The maximum Gasteiger partial charge on any atom is 0.258 e. The first kappa shape index (κ1) is 9.57. The average molecular weight is 304 g/mol. The van der Waals surface area contributed by atoms with Gasteiger partial charge in [-0.15, -0.1) is 0 Å². The number of benzene rings is 1. The minimum atomic E-state index is -0.418. The van der Waals surface area contributed by atoms with Crippen LogP contribution in [0.3, 0.4) is 0 Å². The Labute approximate surface area is 92.5 Å². The maximum absolute atomic E-state index is 13.0. The number of hydrogen-bond donors (Lipinski definition) is 1. The van der Waals surface area contributed by atoms with Crippen LogP contribution in [-0.2, 0) is 0 Å². The lowest BCUT2D eigenvalue weighted by Gasteiger charge is -2.00. The zero-order valence-electron chi connectivity index (χ0n) is 7.27. The second-order valence-electron chi connectivity index (χ2n) is 2.94. The molecule has 0 aliphatic heterocycles. The lowest BCUT2D eigenvalue weighted by atomic mass is 10.2. The number of aryl methyl sites for hydroxylation is 1.